The number of aliphatic carboxylic acids is 1. The lowest BCUT2D eigenvalue weighted by Gasteiger charge is -2.39. The Balaban J connectivity index is 1.22. The molecule has 5 rings (SSSR count). The molecule has 0 saturated carbocycles. The van der Waals surface area contributed by atoms with Gasteiger partial charge < -0.3 is 15.2 Å². The third-order valence-corrected chi connectivity index (χ3v) is 7.21. The van der Waals surface area contributed by atoms with E-state index in [-0.39, 0.29) is 31.9 Å². The second-order valence-corrected chi connectivity index (χ2v) is 9.35. The van der Waals surface area contributed by atoms with Gasteiger partial charge in [-0.2, -0.15) is 0 Å². The van der Waals surface area contributed by atoms with Crippen LogP contribution in [0.1, 0.15) is 35.4 Å². The highest BCUT2D eigenvalue weighted by Gasteiger charge is 2.43. The van der Waals surface area contributed by atoms with Gasteiger partial charge in [-0.3, -0.25) is 4.90 Å². The van der Waals surface area contributed by atoms with Gasteiger partial charge in [0.05, 0.1) is 0 Å². The summed E-state index contributed by atoms with van der Waals surface area (Å²) in [6.07, 6.45) is -0.512. The zero-order valence-electron chi connectivity index (χ0n) is 19.5. The fourth-order valence-corrected chi connectivity index (χ4v) is 5.21. The van der Waals surface area contributed by atoms with E-state index in [1.165, 1.54) is 12.1 Å². The number of fused-ring (bicyclic) bond motifs is 3. The van der Waals surface area contributed by atoms with Crippen LogP contribution >= 0.6 is 0 Å². The number of rotatable bonds is 6. The van der Waals surface area contributed by atoms with Crippen molar-refractivity contribution in [2.24, 2.45) is 0 Å². The summed E-state index contributed by atoms with van der Waals surface area (Å²) in [5, 5.41) is 12.5. The smallest absolute Gasteiger partial charge is 0.408 e. The predicted molar refractivity (Wildman–Crippen MR) is 129 cm³/mol. The number of carboxylic acids is 1. The van der Waals surface area contributed by atoms with Crippen LogP contribution in [0.3, 0.4) is 0 Å². The number of benzene rings is 3. The molecule has 0 radical (unpaired) electrons. The standard InChI is InChI=1S/C28H26F2N2O4/c29-19-10-9-18(25(30)15-19)16-32-13-11-28(12-14-32,26(33)34)31-27(35)36-17-24-22-7-3-1-5-20(22)21-6-2-4-8-23(21)24/h1-10,15,24H,11-14,16-17H2,(H,31,35)(H,33,34). The third kappa shape index (κ3) is 4.56. The Hall–Kier alpha value is -3.78. The second-order valence-electron chi connectivity index (χ2n) is 9.35. The van der Waals surface area contributed by atoms with Gasteiger partial charge in [0, 0.05) is 37.2 Å². The van der Waals surface area contributed by atoms with Crippen LogP contribution in [-0.4, -0.2) is 47.3 Å². The molecule has 0 spiro atoms. The van der Waals surface area contributed by atoms with Crippen molar-refractivity contribution in [1.29, 1.82) is 0 Å². The van der Waals surface area contributed by atoms with Crippen molar-refractivity contribution >= 4 is 12.1 Å². The number of amides is 1. The highest BCUT2D eigenvalue weighted by Crippen LogP contribution is 2.44. The Morgan fingerprint density at radius 2 is 1.58 bits per heavy atom. The van der Waals surface area contributed by atoms with Crippen molar-refractivity contribution in [3.05, 3.63) is 95.1 Å². The number of piperidine rings is 1. The van der Waals surface area contributed by atoms with Gasteiger partial charge in [-0.05, 0) is 41.2 Å². The molecule has 1 saturated heterocycles. The molecule has 1 aliphatic heterocycles. The topological polar surface area (TPSA) is 78.9 Å². The van der Waals surface area contributed by atoms with Crippen LogP contribution in [0.15, 0.2) is 66.7 Å². The minimum absolute atomic E-state index is 0.0888. The lowest BCUT2D eigenvalue weighted by molar-refractivity contribution is -0.147. The van der Waals surface area contributed by atoms with E-state index in [4.69, 9.17) is 4.74 Å². The zero-order valence-corrected chi connectivity index (χ0v) is 19.5. The molecule has 2 N–H and O–H groups in total. The lowest BCUT2D eigenvalue weighted by Crippen LogP contribution is -2.60. The van der Waals surface area contributed by atoms with E-state index >= 15 is 0 Å². The number of halogens is 2. The van der Waals surface area contributed by atoms with E-state index in [9.17, 15) is 23.5 Å². The molecule has 0 unspecified atom stereocenters. The molecule has 3 aromatic rings. The number of hydrogen-bond acceptors (Lipinski definition) is 4. The number of alkyl carbamates (subject to hydrolysis) is 1. The molecule has 0 aromatic heterocycles. The average molecular weight is 493 g/mol. The Morgan fingerprint density at radius 1 is 0.972 bits per heavy atom. The van der Waals surface area contributed by atoms with Gasteiger partial charge in [0.2, 0.25) is 0 Å². The molecular formula is C28H26F2N2O4. The van der Waals surface area contributed by atoms with Crippen LogP contribution in [-0.2, 0) is 16.1 Å². The molecule has 3 aromatic carbocycles. The van der Waals surface area contributed by atoms with E-state index in [1.807, 2.05) is 53.4 Å². The molecule has 186 valence electrons. The minimum Gasteiger partial charge on any atom is -0.480 e. The Labute approximate surface area is 207 Å². The number of carboxylic acid groups (broad SMARTS) is 1. The number of carbonyl (C=O) groups excluding carboxylic acids is 1. The largest absolute Gasteiger partial charge is 0.480 e. The summed E-state index contributed by atoms with van der Waals surface area (Å²) in [5.41, 5.74) is 3.22. The fourth-order valence-electron chi connectivity index (χ4n) is 5.21. The molecule has 8 heteroatoms. The Bertz CT molecular complexity index is 1260. The maximum absolute atomic E-state index is 14.0. The molecule has 2 aliphatic rings. The summed E-state index contributed by atoms with van der Waals surface area (Å²) in [7, 11) is 0. The molecule has 1 aliphatic carbocycles. The van der Waals surface area contributed by atoms with Gasteiger partial charge in [-0.15, -0.1) is 0 Å². The summed E-state index contributed by atoms with van der Waals surface area (Å²) in [6.45, 7) is 0.970. The van der Waals surface area contributed by atoms with E-state index in [1.54, 1.807) is 0 Å². The number of ether oxygens (including phenoxy) is 1. The van der Waals surface area contributed by atoms with Crippen molar-refractivity contribution in [3.8, 4) is 11.1 Å². The maximum Gasteiger partial charge on any atom is 0.408 e. The summed E-state index contributed by atoms with van der Waals surface area (Å²) < 4.78 is 32.8. The zero-order chi connectivity index (χ0) is 25.3. The molecule has 0 bridgehead atoms. The van der Waals surface area contributed by atoms with E-state index < -0.39 is 29.2 Å². The Morgan fingerprint density at radius 3 is 2.17 bits per heavy atom. The first kappa shape index (κ1) is 23.9. The number of hydrogen-bond donors (Lipinski definition) is 2. The van der Waals surface area contributed by atoms with Crippen molar-refractivity contribution in [3.63, 3.8) is 0 Å². The van der Waals surface area contributed by atoms with Crippen LogP contribution in [0.2, 0.25) is 0 Å². The predicted octanol–water partition coefficient (Wildman–Crippen LogP) is 4.92. The van der Waals surface area contributed by atoms with Gasteiger partial charge >= 0.3 is 12.1 Å². The number of likely N-dealkylation sites (tertiary alicyclic amines) is 1. The first-order chi connectivity index (χ1) is 17.4. The third-order valence-electron chi connectivity index (χ3n) is 7.21. The van der Waals surface area contributed by atoms with E-state index in [0.29, 0.717) is 18.7 Å². The van der Waals surface area contributed by atoms with Crippen LogP contribution in [0.4, 0.5) is 13.6 Å². The maximum atomic E-state index is 14.0. The quantitative estimate of drug-likeness (QED) is 0.511. The number of carbonyl (C=O) groups is 2. The molecule has 6 nitrogen and oxygen atoms in total. The van der Waals surface area contributed by atoms with Gasteiger partial charge in [-0.25, -0.2) is 18.4 Å². The molecule has 36 heavy (non-hydrogen) atoms. The highest BCUT2D eigenvalue weighted by molar-refractivity contribution is 5.85. The number of nitrogens with zero attached hydrogens (tertiary/aromatic N) is 1. The van der Waals surface area contributed by atoms with Crippen molar-refractivity contribution in [2.75, 3.05) is 19.7 Å². The Kier molecular flexibility index (Phi) is 6.45. The molecular weight excluding hydrogens is 466 g/mol. The SMILES string of the molecule is O=C(NC1(C(=O)O)CCN(Cc2ccc(F)cc2F)CC1)OCC1c2ccccc2-c2ccccc21. The van der Waals surface area contributed by atoms with Gasteiger partial charge in [-0.1, -0.05) is 54.6 Å². The first-order valence-corrected chi connectivity index (χ1v) is 11.9. The second kappa shape index (κ2) is 9.70. The van der Waals surface area contributed by atoms with Crippen LogP contribution in [0.25, 0.3) is 11.1 Å². The van der Waals surface area contributed by atoms with Gasteiger partial charge in [0.25, 0.3) is 0 Å². The van der Waals surface area contributed by atoms with Crippen molar-refractivity contribution < 1.29 is 28.2 Å². The van der Waals surface area contributed by atoms with Crippen molar-refractivity contribution in [2.45, 2.75) is 30.8 Å². The average Bonchev–Trinajstić information content (AvgIpc) is 3.19. The fraction of sp³-hybridized carbons (Fsp3) is 0.286. The summed E-state index contributed by atoms with van der Waals surface area (Å²) in [5.74, 6) is -2.55. The van der Waals surface area contributed by atoms with E-state index in [2.05, 4.69) is 5.32 Å². The van der Waals surface area contributed by atoms with Gasteiger partial charge in [0.1, 0.15) is 23.8 Å². The molecule has 1 heterocycles. The normalized spacial score (nSPS) is 16.7. The molecule has 1 amide bonds. The monoisotopic (exact) mass is 492 g/mol. The first-order valence-electron chi connectivity index (χ1n) is 11.9. The molecule has 1 fully saturated rings. The van der Waals surface area contributed by atoms with Crippen LogP contribution in [0.5, 0.6) is 0 Å². The van der Waals surface area contributed by atoms with Crippen LogP contribution in [0, 0.1) is 11.6 Å². The lowest BCUT2D eigenvalue weighted by atomic mass is 9.87. The van der Waals surface area contributed by atoms with E-state index in [0.717, 1.165) is 28.3 Å². The van der Waals surface area contributed by atoms with Crippen LogP contribution < -0.4 is 5.32 Å². The summed E-state index contributed by atoms with van der Waals surface area (Å²) in [6, 6.07) is 19.4. The minimum atomic E-state index is -1.47. The summed E-state index contributed by atoms with van der Waals surface area (Å²) in [4.78, 5) is 26.8. The van der Waals surface area contributed by atoms with Gasteiger partial charge in [0.15, 0.2) is 0 Å². The summed E-state index contributed by atoms with van der Waals surface area (Å²) >= 11 is 0. The number of nitrogens with one attached hydrogen (secondary N) is 1. The van der Waals surface area contributed by atoms with Crippen molar-refractivity contribution in [1.82, 2.24) is 10.2 Å². The molecule has 0 atom stereocenters. The highest BCUT2D eigenvalue weighted by atomic mass is 19.1.